The Balaban J connectivity index is 2.02. The molecule has 0 spiro atoms. The normalized spacial score (nSPS) is 11.9. The molecule has 0 aliphatic carbocycles. The van der Waals surface area contributed by atoms with E-state index in [1.54, 1.807) is 31.2 Å². The van der Waals surface area contributed by atoms with Crippen LogP contribution in [0.1, 0.15) is 6.92 Å². The Kier molecular flexibility index (Phi) is 4.87. The maximum absolute atomic E-state index is 12.1. The van der Waals surface area contributed by atoms with Gasteiger partial charge >= 0.3 is 0 Å². The summed E-state index contributed by atoms with van der Waals surface area (Å²) in [6.45, 7) is 1.74. The number of anilines is 3. The highest BCUT2D eigenvalue weighted by Crippen LogP contribution is 2.23. The number of carbonyl (C=O) groups excluding carboxylic acids is 1. The summed E-state index contributed by atoms with van der Waals surface area (Å²) in [5.41, 5.74) is 11.8. The molecule has 0 unspecified atom stereocenters. The van der Waals surface area contributed by atoms with Gasteiger partial charge in [-0.3, -0.25) is 4.79 Å². The van der Waals surface area contributed by atoms with Gasteiger partial charge in [-0.1, -0.05) is 29.4 Å². The number of nitrogens with zero attached hydrogens (tertiary/aromatic N) is 2. The van der Waals surface area contributed by atoms with Gasteiger partial charge in [-0.15, -0.1) is 0 Å². The number of amides is 1. The van der Waals surface area contributed by atoms with Crippen molar-refractivity contribution < 1.29 is 4.79 Å². The molecule has 0 radical (unpaired) electrons. The number of rotatable bonds is 4. The summed E-state index contributed by atoms with van der Waals surface area (Å²) in [5.74, 6) is 0.353. The molecule has 0 fully saturated rings. The van der Waals surface area contributed by atoms with Crippen LogP contribution in [0.15, 0.2) is 35.5 Å². The minimum Gasteiger partial charge on any atom is -0.383 e. The second-order valence-corrected chi connectivity index (χ2v) is 6.00. The number of nitrogens with one attached hydrogen (secondary N) is 1. The predicted molar refractivity (Wildman–Crippen MR) is 86.3 cm³/mol. The van der Waals surface area contributed by atoms with E-state index in [0.29, 0.717) is 15.9 Å². The molecule has 8 heteroatoms. The van der Waals surface area contributed by atoms with Crippen molar-refractivity contribution in [2.75, 3.05) is 16.8 Å². The number of carbonyl (C=O) groups is 1. The molecular formula is C13H14ClN5OS. The lowest BCUT2D eigenvalue weighted by molar-refractivity contribution is -0.115. The second kappa shape index (κ2) is 6.64. The number of benzene rings is 1. The molecule has 0 aliphatic heterocycles. The van der Waals surface area contributed by atoms with E-state index in [1.807, 2.05) is 0 Å². The topological polar surface area (TPSA) is 107 Å². The van der Waals surface area contributed by atoms with E-state index in [9.17, 15) is 4.79 Å². The van der Waals surface area contributed by atoms with Gasteiger partial charge in [0.15, 0.2) is 5.16 Å². The lowest BCUT2D eigenvalue weighted by Gasteiger charge is -2.11. The van der Waals surface area contributed by atoms with Crippen molar-refractivity contribution in [3.8, 4) is 0 Å². The summed E-state index contributed by atoms with van der Waals surface area (Å²) in [5, 5.41) is 3.28. The van der Waals surface area contributed by atoms with E-state index >= 15 is 0 Å². The molecule has 0 bridgehead atoms. The number of hydrogen-bond acceptors (Lipinski definition) is 6. The molecule has 0 aliphatic rings. The van der Waals surface area contributed by atoms with E-state index in [2.05, 4.69) is 15.3 Å². The first-order valence-corrected chi connectivity index (χ1v) is 7.33. The SMILES string of the molecule is C[C@H](Sc1nc(N)cc(N)n1)C(=O)Nc1cccc(Cl)c1. The third-order valence-electron chi connectivity index (χ3n) is 2.49. The van der Waals surface area contributed by atoms with Crippen LogP contribution in [0.3, 0.4) is 0 Å². The average molecular weight is 324 g/mol. The molecule has 5 N–H and O–H groups in total. The standard InChI is InChI=1S/C13H14ClN5OS/c1-7(21-13-18-10(15)6-11(16)19-13)12(20)17-9-4-2-3-8(14)5-9/h2-7H,1H3,(H,17,20)(H4,15,16,18,19)/t7-/m0/s1. The number of aromatic nitrogens is 2. The Morgan fingerprint density at radius 1 is 1.29 bits per heavy atom. The van der Waals surface area contributed by atoms with Gasteiger partial charge in [-0.25, -0.2) is 9.97 Å². The van der Waals surface area contributed by atoms with Crippen LogP contribution in [0.2, 0.25) is 5.02 Å². The Bertz CT molecular complexity index is 647. The van der Waals surface area contributed by atoms with Crippen LogP contribution in [0.4, 0.5) is 17.3 Å². The summed E-state index contributed by atoms with van der Waals surface area (Å²) in [4.78, 5) is 20.2. The molecule has 0 saturated heterocycles. The summed E-state index contributed by atoms with van der Waals surface area (Å²) in [6, 6.07) is 8.39. The minimum atomic E-state index is -0.412. The quantitative estimate of drug-likeness (QED) is 0.589. The molecular weight excluding hydrogens is 310 g/mol. The largest absolute Gasteiger partial charge is 0.383 e. The Morgan fingerprint density at radius 3 is 2.57 bits per heavy atom. The molecule has 0 saturated carbocycles. The lowest BCUT2D eigenvalue weighted by Crippen LogP contribution is -2.22. The summed E-state index contributed by atoms with van der Waals surface area (Å²) in [7, 11) is 0. The summed E-state index contributed by atoms with van der Waals surface area (Å²) in [6.07, 6.45) is 0. The van der Waals surface area contributed by atoms with Crippen LogP contribution in [0, 0.1) is 0 Å². The van der Waals surface area contributed by atoms with Gasteiger partial charge in [0, 0.05) is 16.8 Å². The zero-order valence-electron chi connectivity index (χ0n) is 11.2. The molecule has 1 amide bonds. The second-order valence-electron chi connectivity index (χ2n) is 4.26. The molecule has 1 heterocycles. The van der Waals surface area contributed by atoms with Crippen molar-refractivity contribution in [2.45, 2.75) is 17.3 Å². The molecule has 1 atom stereocenters. The highest BCUT2D eigenvalue weighted by atomic mass is 35.5. The van der Waals surface area contributed by atoms with Crippen LogP contribution in [0.25, 0.3) is 0 Å². The fourth-order valence-electron chi connectivity index (χ4n) is 1.54. The third kappa shape index (κ3) is 4.51. The average Bonchev–Trinajstić information content (AvgIpc) is 2.37. The van der Waals surface area contributed by atoms with Gasteiger partial charge in [0.1, 0.15) is 11.6 Å². The lowest BCUT2D eigenvalue weighted by atomic mass is 10.3. The molecule has 2 aromatic rings. The highest BCUT2D eigenvalue weighted by Gasteiger charge is 2.16. The van der Waals surface area contributed by atoms with Crippen LogP contribution in [0.5, 0.6) is 0 Å². The van der Waals surface area contributed by atoms with E-state index in [-0.39, 0.29) is 17.5 Å². The van der Waals surface area contributed by atoms with Crippen molar-refractivity contribution in [1.29, 1.82) is 0 Å². The molecule has 2 rings (SSSR count). The minimum absolute atomic E-state index is 0.188. The maximum Gasteiger partial charge on any atom is 0.237 e. The van der Waals surface area contributed by atoms with Crippen molar-refractivity contribution in [3.05, 3.63) is 35.4 Å². The zero-order valence-corrected chi connectivity index (χ0v) is 12.8. The molecule has 21 heavy (non-hydrogen) atoms. The Hall–Kier alpha value is -1.99. The van der Waals surface area contributed by atoms with E-state index in [1.165, 1.54) is 17.8 Å². The van der Waals surface area contributed by atoms with Crippen LogP contribution in [-0.2, 0) is 4.79 Å². The summed E-state index contributed by atoms with van der Waals surface area (Å²) < 4.78 is 0. The first-order valence-electron chi connectivity index (χ1n) is 6.07. The van der Waals surface area contributed by atoms with E-state index in [4.69, 9.17) is 23.1 Å². The smallest absolute Gasteiger partial charge is 0.237 e. The first kappa shape index (κ1) is 15.4. The zero-order chi connectivity index (χ0) is 15.4. The molecule has 1 aromatic carbocycles. The van der Waals surface area contributed by atoms with Gasteiger partial charge in [0.25, 0.3) is 0 Å². The Morgan fingerprint density at radius 2 is 1.95 bits per heavy atom. The van der Waals surface area contributed by atoms with Crippen molar-refractivity contribution in [1.82, 2.24) is 9.97 Å². The van der Waals surface area contributed by atoms with Gasteiger partial charge in [-0.05, 0) is 25.1 Å². The fourth-order valence-corrected chi connectivity index (χ4v) is 2.53. The van der Waals surface area contributed by atoms with Crippen LogP contribution in [-0.4, -0.2) is 21.1 Å². The number of hydrogen-bond donors (Lipinski definition) is 3. The highest BCUT2D eigenvalue weighted by molar-refractivity contribution is 8.00. The fraction of sp³-hybridized carbons (Fsp3) is 0.154. The van der Waals surface area contributed by atoms with Gasteiger partial charge < -0.3 is 16.8 Å². The van der Waals surface area contributed by atoms with E-state index in [0.717, 1.165) is 0 Å². The third-order valence-corrected chi connectivity index (χ3v) is 3.68. The van der Waals surface area contributed by atoms with Crippen LogP contribution < -0.4 is 16.8 Å². The number of thioether (sulfide) groups is 1. The summed E-state index contributed by atoms with van der Waals surface area (Å²) >= 11 is 7.04. The van der Waals surface area contributed by atoms with Crippen LogP contribution >= 0.6 is 23.4 Å². The Labute approximate surface area is 131 Å². The number of nitrogen functional groups attached to an aromatic ring is 2. The number of halogens is 1. The maximum atomic E-state index is 12.1. The first-order chi connectivity index (χ1) is 9.94. The van der Waals surface area contributed by atoms with Gasteiger partial charge in [-0.2, -0.15) is 0 Å². The van der Waals surface area contributed by atoms with Crippen molar-refractivity contribution in [2.24, 2.45) is 0 Å². The van der Waals surface area contributed by atoms with Crippen molar-refractivity contribution in [3.63, 3.8) is 0 Å². The molecule has 110 valence electrons. The predicted octanol–water partition coefficient (Wildman–Crippen LogP) is 2.41. The van der Waals surface area contributed by atoms with Gasteiger partial charge in [0.05, 0.1) is 5.25 Å². The van der Waals surface area contributed by atoms with Gasteiger partial charge in [0.2, 0.25) is 5.91 Å². The number of nitrogens with two attached hydrogens (primary N) is 2. The van der Waals surface area contributed by atoms with E-state index < -0.39 is 5.25 Å². The van der Waals surface area contributed by atoms with Crippen molar-refractivity contribution >= 4 is 46.6 Å². The monoisotopic (exact) mass is 323 g/mol. The molecule has 6 nitrogen and oxygen atoms in total. The molecule has 1 aromatic heterocycles.